The van der Waals surface area contributed by atoms with Crippen LogP contribution in [-0.4, -0.2) is 5.54 Å². The Kier molecular flexibility index (Phi) is 2.36. The molecule has 14 heavy (non-hydrogen) atoms. The first kappa shape index (κ1) is 9.72. The van der Waals surface area contributed by atoms with E-state index in [0.717, 1.165) is 6.42 Å². The molecule has 0 heterocycles. The molecule has 1 aliphatic rings. The summed E-state index contributed by atoms with van der Waals surface area (Å²) >= 11 is 0. The lowest BCUT2D eigenvalue weighted by Gasteiger charge is -2.10. The fourth-order valence-electron chi connectivity index (χ4n) is 1.76. The maximum atomic E-state index is 6.08. The Labute approximate surface area is 86.3 Å². The van der Waals surface area contributed by atoms with E-state index >= 15 is 0 Å². The van der Waals surface area contributed by atoms with Gasteiger partial charge in [-0.2, -0.15) is 0 Å². The van der Waals surface area contributed by atoms with E-state index in [0.29, 0.717) is 5.92 Å². The normalized spacial score (nSPS) is 18.6. The van der Waals surface area contributed by atoms with Crippen molar-refractivity contribution in [3.8, 4) is 0 Å². The van der Waals surface area contributed by atoms with Gasteiger partial charge in [0.15, 0.2) is 0 Å². The van der Waals surface area contributed by atoms with Crippen LogP contribution in [0.2, 0.25) is 0 Å². The number of benzene rings is 1. The Morgan fingerprint density at radius 3 is 2.21 bits per heavy atom. The highest BCUT2D eigenvalue weighted by molar-refractivity contribution is 5.27. The van der Waals surface area contributed by atoms with Crippen LogP contribution in [0.15, 0.2) is 24.3 Å². The second-order valence-electron chi connectivity index (χ2n) is 4.94. The monoisotopic (exact) mass is 189 g/mol. The van der Waals surface area contributed by atoms with Crippen LogP contribution in [0.3, 0.4) is 0 Å². The van der Waals surface area contributed by atoms with Gasteiger partial charge in [-0.15, -0.1) is 0 Å². The topological polar surface area (TPSA) is 26.0 Å². The average molecular weight is 189 g/mol. The molecule has 2 rings (SSSR count). The van der Waals surface area contributed by atoms with Crippen LogP contribution in [-0.2, 0) is 6.42 Å². The minimum Gasteiger partial charge on any atom is -0.325 e. The first-order valence-electron chi connectivity index (χ1n) is 5.47. The van der Waals surface area contributed by atoms with Crippen LogP contribution >= 0.6 is 0 Å². The van der Waals surface area contributed by atoms with E-state index in [4.69, 9.17) is 5.73 Å². The standard InChI is InChI=1S/C13H19N/c1-10(2)12-5-3-11(4-6-12)9-13(14)7-8-13/h3-6,10H,7-9,14H2,1-2H3. The minimum absolute atomic E-state index is 0.138. The highest BCUT2D eigenvalue weighted by Gasteiger charge is 2.37. The molecule has 1 saturated carbocycles. The van der Waals surface area contributed by atoms with Crippen LogP contribution in [0.5, 0.6) is 0 Å². The van der Waals surface area contributed by atoms with Gasteiger partial charge in [0.25, 0.3) is 0 Å². The quantitative estimate of drug-likeness (QED) is 0.777. The summed E-state index contributed by atoms with van der Waals surface area (Å²) in [5.74, 6) is 0.622. The van der Waals surface area contributed by atoms with Crippen molar-refractivity contribution in [2.24, 2.45) is 5.73 Å². The highest BCUT2D eigenvalue weighted by atomic mass is 14.8. The van der Waals surface area contributed by atoms with E-state index in [9.17, 15) is 0 Å². The van der Waals surface area contributed by atoms with Crippen molar-refractivity contribution in [2.75, 3.05) is 0 Å². The molecule has 1 fully saturated rings. The second-order valence-corrected chi connectivity index (χ2v) is 4.94. The van der Waals surface area contributed by atoms with Crippen molar-refractivity contribution in [1.29, 1.82) is 0 Å². The van der Waals surface area contributed by atoms with Crippen LogP contribution in [0, 0.1) is 0 Å². The first-order valence-corrected chi connectivity index (χ1v) is 5.47. The molecular formula is C13H19N. The zero-order valence-electron chi connectivity index (χ0n) is 9.09. The predicted molar refractivity (Wildman–Crippen MR) is 60.4 cm³/mol. The van der Waals surface area contributed by atoms with Gasteiger partial charge < -0.3 is 5.73 Å². The molecule has 0 aliphatic heterocycles. The van der Waals surface area contributed by atoms with E-state index in [-0.39, 0.29) is 5.54 Å². The summed E-state index contributed by atoms with van der Waals surface area (Å²) in [7, 11) is 0. The molecule has 0 amide bonds. The zero-order valence-corrected chi connectivity index (χ0v) is 9.09. The SMILES string of the molecule is CC(C)c1ccc(CC2(N)CC2)cc1. The van der Waals surface area contributed by atoms with Gasteiger partial charge in [0.1, 0.15) is 0 Å². The molecule has 0 radical (unpaired) electrons. The van der Waals surface area contributed by atoms with Crippen molar-refractivity contribution >= 4 is 0 Å². The lowest BCUT2D eigenvalue weighted by atomic mass is 9.99. The van der Waals surface area contributed by atoms with Gasteiger partial charge in [0, 0.05) is 5.54 Å². The van der Waals surface area contributed by atoms with Gasteiger partial charge in [0.2, 0.25) is 0 Å². The molecule has 0 aromatic heterocycles. The van der Waals surface area contributed by atoms with E-state index < -0.39 is 0 Å². The van der Waals surface area contributed by atoms with E-state index in [2.05, 4.69) is 38.1 Å². The van der Waals surface area contributed by atoms with Crippen LogP contribution in [0.4, 0.5) is 0 Å². The van der Waals surface area contributed by atoms with Crippen LogP contribution < -0.4 is 5.73 Å². The van der Waals surface area contributed by atoms with Crippen molar-refractivity contribution < 1.29 is 0 Å². The van der Waals surface area contributed by atoms with Gasteiger partial charge in [-0.25, -0.2) is 0 Å². The van der Waals surface area contributed by atoms with E-state index in [1.807, 2.05) is 0 Å². The summed E-state index contributed by atoms with van der Waals surface area (Å²) in [6.45, 7) is 4.45. The van der Waals surface area contributed by atoms with E-state index in [1.165, 1.54) is 24.0 Å². The molecule has 0 saturated heterocycles. The highest BCUT2D eigenvalue weighted by Crippen LogP contribution is 2.35. The zero-order chi connectivity index (χ0) is 10.2. The third-order valence-electron chi connectivity index (χ3n) is 3.09. The summed E-state index contributed by atoms with van der Waals surface area (Å²) in [6.07, 6.45) is 3.43. The lowest BCUT2D eigenvalue weighted by molar-refractivity contribution is 0.671. The fraction of sp³-hybridized carbons (Fsp3) is 0.538. The number of hydrogen-bond acceptors (Lipinski definition) is 1. The third-order valence-corrected chi connectivity index (χ3v) is 3.09. The molecule has 0 unspecified atom stereocenters. The molecule has 1 aliphatic carbocycles. The maximum absolute atomic E-state index is 6.08. The van der Waals surface area contributed by atoms with Gasteiger partial charge in [-0.3, -0.25) is 0 Å². The molecule has 76 valence electrons. The summed E-state index contributed by atoms with van der Waals surface area (Å²) in [4.78, 5) is 0. The Hall–Kier alpha value is -0.820. The first-order chi connectivity index (χ1) is 6.59. The number of hydrogen-bond donors (Lipinski definition) is 1. The maximum Gasteiger partial charge on any atom is 0.0196 e. The van der Waals surface area contributed by atoms with Crippen molar-refractivity contribution in [3.05, 3.63) is 35.4 Å². The Morgan fingerprint density at radius 2 is 1.79 bits per heavy atom. The predicted octanol–water partition coefficient (Wildman–Crippen LogP) is 2.84. The molecule has 0 atom stereocenters. The van der Waals surface area contributed by atoms with Gasteiger partial charge in [0.05, 0.1) is 0 Å². The molecule has 1 heteroatoms. The average Bonchev–Trinajstić information content (AvgIpc) is 2.84. The largest absolute Gasteiger partial charge is 0.325 e. The second kappa shape index (κ2) is 3.39. The summed E-state index contributed by atoms with van der Waals surface area (Å²) in [6, 6.07) is 8.90. The molecular weight excluding hydrogens is 170 g/mol. The van der Waals surface area contributed by atoms with Gasteiger partial charge in [-0.05, 0) is 36.3 Å². The van der Waals surface area contributed by atoms with E-state index in [1.54, 1.807) is 0 Å². The molecule has 1 nitrogen and oxygen atoms in total. The van der Waals surface area contributed by atoms with Crippen molar-refractivity contribution in [1.82, 2.24) is 0 Å². The van der Waals surface area contributed by atoms with Crippen molar-refractivity contribution in [3.63, 3.8) is 0 Å². The Bertz CT molecular complexity index is 307. The van der Waals surface area contributed by atoms with Crippen molar-refractivity contribution in [2.45, 2.75) is 44.6 Å². The molecule has 0 spiro atoms. The molecule has 2 N–H and O–H groups in total. The minimum atomic E-state index is 0.138. The Morgan fingerprint density at radius 1 is 1.21 bits per heavy atom. The molecule has 1 aromatic rings. The fourth-order valence-corrected chi connectivity index (χ4v) is 1.76. The number of nitrogens with two attached hydrogens (primary N) is 1. The van der Waals surface area contributed by atoms with Gasteiger partial charge >= 0.3 is 0 Å². The molecule has 0 bridgehead atoms. The summed E-state index contributed by atoms with van der Waals surface area (Å²) < 4.78 is 0. The lowest BCUT2D eigenvalue weighted by Crippen LogP contribution is -2.24. The van der Waals surface area contributed by atoms with Gasteiger partial charge in [-0.1, -0.05) is 38.1 Å². The summed E-state index contributed by atoms with van der Waals surface area (Å²) in [5.41, 5.74) is 9.01. The Balaban J connectivity index is 2.06. The van der Waals surface area contributed by atoms with Crippen LogP contribution in [0.1, 0.15) is 43.7 Å². The number of rotatable bonds is 3. The molecule has 1 aromatic carbocycles. The summed E-state index contributed by atoms with van der Waals surface area (Å²) in [5, 5.41) is 0. The third kappa shape index (κ3) is 2.16. The smallest absolute Gasteiger partial charge is 0.0196 e. The van der Waals surface area contributed by atoms with Crippen LogP contribution in [0.25, 0.3) is 0 Å².